The Labute approximate surface area is 84.2 Å². The molecule has 0 spiro atoms. The van der Waals surface area contributed by atoms with Gasteiger partial charge in [-0.1, -0.05) is 0 Å². The number of esters is 1. The topological polar surface area (TPSA) is 81.8 Å². The Morgan fingerprint density at radius 1 is 1.43 bits per heavy atom. The summed E-state index contributed by atoms with van der Waals surface area (Å²) in [6.07, 6.45) is 0.351. The van der Waals surface area contributed by atoms with Gasteiger partial charge in [-0.2, -0.15) is 0 Å². The van der Waals surface area contributed by atoms with Crippen LogP contribution in [0.4, 0.5) is 0 Å². The molecule has 0 radical (unpaired) electrons. The van der Waals surface area contributed by atoms with Crippen molar-refractivity contribution in [2.75, 3.05) is 19.8 Å². The number of carbonyl (C=O) groups excluding carboxylic acids is 1. The Morgan fingerprint density at radius 2 is 2.07 bits per heavy atom. The minimum Gasteiger partial charge on any atom is -0.462 e. The maximum atomic E-state index is 11.1. The summed E-state index contributed by atoms with van der Waals surface area (Å²) in [5.41, 5.74) is 5.39. The lowest BCUT2D eigenvalue weighted by atomic mass is 10.2. The van der Waals surface area contributed by atoms with Crippen LogP contribution in [0, 0.1) is 0 Å². The first-order valence-corrected chi connectivity index (χ1v) is 4.72. The van der Waals surface area contributed by atoms with Crippen LogP contribution in [0.15, 0.2) is 0 Å². The third-order valence-corrected chi connectivity index (χ3v) is 1.52. The van der Waals surface area contributed by atoms with E-state index in [2.05, 4.69) is 0 Å². The summed E-state index contributed by atoms with van der Waals surface area (Å²) in [5, 5.41) is 8.52. The molecule has 0 saturated carbocycles. The number of ether oxygens (including phenoxy) is 2. The number of aliphatic hydroxyl groups excluding tert-OH is 1. The van der Waals surface area contributed by atoms with Gasteiger partial charge in [-0.3, -0.25) is 4.79 Å². The lowest BCUT2D eigenvalue weighted by molar-refractivity contribution is -0.147. The van der Waals surface area contributed by atoms with Gasteiger partial charge < -0.3 is 20.3 Å². The van der Waals surface area contributed by atoms with Gasteiger partial charge in [-0.15, -0.1) is 0 Å². The van der Waals surface area contributed by atoms with E-state index in [1.807, 2.05) is 13.8 Å². The van der Waals surface area contributed by atoms with Gasteiger partial charge in [0.25, 0.3) is 0 Å². The highest BCUT2D eigenvalue weighted by atomic mass is 16.6. The monoisotopic (exact) mass is 205 g/mol. The van der Waals surface area contributed by atoms with E-state index in [9.17, 15) is 4.79 Å². The minimum atomic E-state index is -0.737. The third kappa shape index (κ3) is 6.82. The fourth-order valence-corrected chi connectivity index (χ4v) is 0.790. The summed E-state index contributed by atoms with van der Waals surface area (Å²) in [4.78, 5) is 11.1. The summed E-state index contributed by atoms with van der Waals surface area (Å²) >= 11 is 0. The van der Waals surface area contributed by atoms with Gasteiger partial charge in [0.15, 0.2) is 0 Å². The Bertz CT molecular complexity index is 161. The molecule has 0 amide bonds. The zero-order valence-corrected chi connectivity index (χ0v) is 8.73. The van der Waals surface area contributed by atoms with Gasteiger partial charge in [0.2, 0.25) is 0 Å². The highest BCUT2D eigenvalue weighted by Crippen LogP contribution is 1.92. The quantitative estimate of drug-likeness (QED) is 0.439. The standard InChI is InChI=1S/C9H19NO4/c1-7(2)13-5-6-14-9(12)8(10)3-4-11/h7-8,11H,3-6,10H2,1-2H3. The van der Waals surface area contributed by atoms with Crippen LogP contribution in [0.5, 0.6) is 0 Å². The Morgan fingerprint density at radius 3 is 2.57 bits per heavy atom. The van der Waals surface area contributed by atoms with Crippen LogP contribution in [0.3, 0.4) is 0 Å². The SMILES string of the molecule is CC(C)OCCOC(=O)C(N)CCO. The molecule has 0 heterocycles. The first-order chi connectivity index (χ1) is 6.57. The molecule has 0 aromatic carbocycles. The number of hydrogen-bond acceptors (Lipinski definition) is 5. The van der Waals surface area contributed by atoms with E-state index in [0.29, 0.717) is 6.61 Å². The predicted octanol–water partition coefficient (Wildman–Crippen LogP) is -0.336. The second kappa shape index (κ2) is 7.73. The number of rotatable bonds is 7. The van der Waals surface area contributed by atoms with Crippen LogP contribution in [-0.2, 0) is 14.3 Å². The van der Waals surface area contributed by atoms with E-state index < -0.39 is 12.0 Å². The fourth-order valence-electron chi connectivity index (χ4n) is 0.790. The molecular weight excluding hydrogens is 186 g/mol. The second-order valence-corrected chi connectivity index (χ2v) is 3.21. The summed E-state index contributed by atoms with van der Waals surface area (Å²) < 4.78 is 9.97. The van der Waals surface area contributed by atoms with Crippen LogP contribution in [0.2, 0.25) is 0 Å². The molecular formula is C9H19NO4. The van der Waals surface area contributed by atoms with Crippen molar-refractivity contribution in [3.63, 3.8) is 0 Å². The van der Waals surface area contributed by atoms with Crippen molar-refractivity contribution in [3.8, 4) is 0 Å². The van der Waals surface area contributed by atoms with Crippen LogP contribution < -0.4 is 5.73 Å². The van der Waals surface area contributed by atoms with Crippen molar-refractivity contribution in [2.24, 2.45) is 5.73 Å². The van der Waals surface area contributed by atoms with Crippen LogP contribution in [0.1, 0.15) is 20.3 Å². The number of carbonyl (C=O) groups is 1. The molecule has 3 N–H and O–H groups in total. The normalized spacial score (nSPS) is 12.9. The maximum absolute atomic E-state index is 11.1. The molecule has 0 aromatic heterocycles. The van der Waals surface area contributed by atoms with Gasteiger partial charge in [0, 0.05) is 6.61 Å². The molecule has 0 fully saturated rings. The van der Waals surface area contributed by atoms with E-state index in [-0.39, 0.29) is 25.7 Å². The van der Waals surface area contributed by atoms with Gasteiger partial charge in [0.1, 0.15) is 12.6 Å². The average molecular weight is 205 g/mol. The minimum absolute atomic E-state index is 0.112. The molecule has 0 saturated heterocycles. The van der Waals surface area contributed by atoms with Crippen LogP contribution in [-0.4, -0.2) is 43.0 Å². The van der Waals surface area contributed by atoms with E-state index in [0.717, 1.165) is 0 Å². The van der Waals surface area contributed by atoms with Crippen LogP contribution in [0.25, 0.3) is 0 Å². The fraction of sp³-hybridized carbons (Fsp3) is 0.889. The molecule has 0 aromatic rings. The number of aliphatic hydroxyl groups is 1. The van der Waals surface area contributed by atoms with Crippen molar-refractivity contribution in [2.45, 2.75) is 32.4 Å². The van der Waals surface area contributed by atoms with Crippen molar-refractivity contribution in [1.82, 2.24) is 0 Å². The van der Waals surface area contributed by atoms with Crippen molar-refractivity contribution < 1.29 is 19.4 Å². The molecule has 1 atom stereocenters. The average Bonchev–Trinajstić information content (AvgIpc) is 2.12. The third-order valence-electron chi connectivity index (χ3n) is 1.52. The molecule has 0 aliphatic heterocycles. The molecule has 14 heavy (non-hydrogen) atoms. The Hall–Kier alpha value is -0.650. The van der Waals surface area contributed by atoms with E-state index >= 15 is 0 Å². The van der Waals surface area contributed by atoms with Crippen molar-refractivity contribution in [1.29, 1.82) is 0 Å². The molecule has 0 aliphatic rings. The molecule has 0 bridgehead atoms. The first kappa shape index (κ1) is 13.4. The van der Waals surface area contributed by atoms with Crippen molar-refractivity contribution >= 4 is 5.97 Å². The Kier molecular flexibility index (Phi) is 7.37. The lowest BCUT2D eigenvalue weighted by Gasteiger charge is -2.11. The lowest BCUT2D eigenvalue weighted by Crippen LogP contribution is -2.33. The van der Waals surface area contributed by atoms with E-state index in [4.69, 9.17) is 20.3 Å². The summed E-state index contributed by atoms with van der Waals surface area (Å²) in [7, 11) is 0. The molecule has 1 unspecified atom stereocenters. The molecule has 84 valence electrons. The van der Waals surface area contributed by atoms with Gasteiger partial charge in [-0.05, 0) is 20.3 Å². The smallest absolute Gasteiger partial charge is 0.323 e. The zero-order valence-electron chi connectivity index (χ0n) is 8.73. The van der Waals surface area contributed by atoms with Crippen molar-refractivity contribution in [3.05, 3.63) is 0 Å². The van der Waals surface area contributed by atoms with E-state index in [1.54, 1.807) is 0 Å². The highest BCUT2D eigenvalue weighted by Gasteiger charge is 2.13. The number of nitrogens with two attached hydrogens (primary N) is 1. The van der Waals surface area contributed by atoms with Gasteiger partial charge >= 0.3 is 5.97 Å². The van der Waals surface area contributed by atoms with Gasteiger partial charge in [0.05, 0.1) is 12.7 Å². The summed E-state index contributed by atoms with van der Waals surface area (Å²) in [6, 6.07) is -0.737. The zero-order chi connectivity index (χ0) is 11.0. The largest absolute Gasteiger partial charge is 0.462 e. The molecule has 5 nitrogen and oxygen atoms in total. The van der Waals surface area contributed by atoms with E-state index in [1.165, 1.54) is 0 Å². The van der Waals surface area contributed by atoms with Gasteiger partial charge in [-0.25, -0.2) is 0 Å². The highest BCUT2D eigenvalue weighted by molar-refractivity contribution is 5.75. The summed E-state index contributed by atoms with van der Waals surface area (Å²) in [6.45, 7) is 4.27. The van der Waals surface area contributed by atoms with Crippen LogP contribution >= 0.6 is 0 Å². The predicted molar refractivity (Wildman–Crippen MR) is 51.7 cm³/mol. The molecule has 5 heteroatoms. The molecule has 0 rings (SSSR count). The second-order valence-electron chi connectivity index (χ2n) is 3.21. The number of hydrogen-bond donors (Lipinski definition) is 2. The first-order valence-electron chi connectivity index (χ1n) is 4.72. The summed E-state index contributed by atoms with van der Waals surface area (Å²) in [5.74, 6) is -0.494. The Balaban J connectivity index is 3.44. The maximum Gasteiger partial charge on any atom is 0.323 e. The molecule has 0 aliphatic carbocycles.